The summed E-state index contributed by atoms with van der Waals surface area (Å²) in [5.41, 5.74) is 1.11. The summed E-state index contributed by atoms with van der Waals surface area (Å²) in [6, 6.07) is 7.81. The van der Waals surface area contributed by atoms with E-state index in [9.17, 15) is 5.11 Å². The Kier molecular flexibility index (Phi) is 12.6. The molecule has 0 radical (unpaired) electrons. The fourth-order valence-corrected chi connectivity index (χ4v) is 3.62. The smallest absolute Gasteiger partial charge is 0.118 e. The highest BCUT2D eigenvalue weighted by atomic mass is 16.3. The summed E-state index contributed by atoms with van der Waals surface area (Å²) in [6.45, 7) is 4.58. The van der Waals surface area contributed by atoms with E-state index in [1.165, 1.54) is 83.5 Å². The zero-order valence-corrected chi connectivity index (χ0v) is 16.2. The second-order valence-corrected chi connectivity index (χ2v) is 7.44. The lowest BCUT2D eigenvalue weighted by molar-refractivity contribution is 0.376. The van der Waals surface area contributed by atoms with Crippen molar-refractivity contribution >= 4 is 0 Å². The highest BCUT2D eigenvalue weighted by Crippen LogP contribution is 2.25. The molecule has 1 rings (SSSR count). The number of unbranched alkanes of at least 4 members (excludes halogenated alkanes) is 7. The van der Waals surface area contributed by atoms with Gasteiger partial charge in [-0.15, -0.1) is 0 Å². The third kappa shape index (κ3) is 10.0. The predicted molar refractivity (Wildman–Crippen MR) is 107 cm³/mol. The number of rotatable bonds is 15. The van der Waals surface area contributed by atoms with Crippen molar-refractivity contribution in [2.24, 2.45) is 5.92 Å². The van der Waals surface area contributed by atoms with Crippen LogP contribution in [0.2, 0.25) is 0 Å². The first-order valence-electron chi connectivity index (χ1n) is 10.5. The zero-order chi connectivity index (χ0) is 17.5. The molecule has 1 nitrogen and oxygen atoms in total. The molecule has 1 unspecified atom stereocenters. The molecule has 0 aliphatic carbocycles. The zero-order valence-electron chi connectivity index (χ0n) is 16.2. The topological polar surface area (TPSA) is 20.2 Å². The predicted octanol–water partition coefficient (Wildman–Crippen LogP) is 7.66. The Bertz CT molecular complexity index is 399. The molecule has 24 heavy (non-hydrogen) atoms. The third-order valence-electron chi connectivity index (χ3n) is 5.23. The number of hydrogen-bond donors (Lipinski definition) is 1. The van der Waals surface area contributed by atoms with Gasteiger partial charge in [-0.05, 0) is 30.4 Å². The highest BCUT2D eigenvalue weighted by molar-refractivity contribution is 5.31. The Morgan fingerprint density at radius 2 is 1.29 bits per heavy atom. The SMILES string of the molecule is CCCCCCCCCC(CCCC)CCCc1ccccc1O. The summed E-state index contributed by atoms with van der Waals surface area (Å²) in [5, 5.41) is 9.88. The van der Waals surface area contributed by atoms with Gasteiger partial charge in [0.15, 0.2) is 0 Å². The van der Waals surface area contributed by atoms with E-state index in [2.05, 4.69) is 19.9 Å². The highest BCUT2D eigenvalue weighted by Gasteiger charge is 2.09. The van der Waals surface area contributed by atoms with Crippen LogP contribution in [0.25, 0.3) is 0 Å². The molecule has 0 amide bonds. The van der Waals surface area contributed by atoms with Gasteiger partial charge in [-0.25, -0.2) is 0 Å². The molecule has 1 aromatic rings. The second kappa shape index (κ2) is 14.4. The average molecular weight is 333 g/mol. The lowest BCUT2D eigenvalue weighted by atomic mass is 9.89. The van der Waals surface area contributed by atoms with Crippen molar-refractivity contribution in [2.45, 2.75) is 104 Å². The molecular formula is C23H40O. The standard InChI is InChI=1S/C23H40O/c1-3-5-7-8-9-10-11-16-21(15-6-4-2)17-14-19-22-18-12-13-20-23(22)24/h12-13,18,20-21,24H,3-11,14-17,19H2,1-2H3. The van der Waals surface area contributed by atoms with E-state index in [-0.39, 0.29) is 0 Å². The number of para-hydroxylation sites is 1. The Balaban J connectivity index is 2.20. The molecule has 1 atom stereocenters. The summed E-state index contributed by atoms with van der Waals surface area (Å²) < 4.78 is 0. The van der Waals surface area contributed by atoms with E-state index in [4.69, 9.17) is 0 Å². The van der Waals surface area contributed by atoms with E-state index in [1.54, 1.807) is 0 Å². The summed E-state index contributed by atoms with van der Waals surface area (Å²) in [5.74, 6) is 1.36. The first-order chi connectivity index (χ1) is 11.8. The Morgan fingerprint density at radius 3 is 2.00 bits per heavy atom. The summed E-state index contributed by atoms with van der Waals surface area (Å²) in [7, 11) is 0. The fourth-order valence-electron chi connectivity index (χ4n) is 3.62. The number of hydrogen-bond acceptors (Lipinski definition) is 1. The molecule has 0 spiro atoms. The van der Waals surface area contributed by atoms with Gasteiger partial charge in [0, 0.05) is 0 Å². The number of aryl methyl sites for hydroxylation is 1. The lowest BCUT2D eigenvalue weighted by Gasteiger charge is -2.17. The van der Waals surface area contributed by atoms with E-state index in [0.29, 0.717) is 5.75 Å². The molecule has 0 aliphatic heterocycles. The van der Waals surface area contributed by atoms with Crippen molar-refractivity contribution in [3.8, 4) is 5.75 Å². The van der Waals surface area contributed by atoms with Crippen molar-refractivity contribution in [3.05, 3.63) is 29.8 Å². The van der Waals surface area contributed by atoms with Crippen molar-refractivity contribution in [1.82, 2.24) is 0 Å². The third-order valence-corrected chi connectivity index (χ3v) is 5.23. The van der Waals surface area contributed by atoms with Gasteiger partial charge in [-0.1, -0.05) is 109 Å². The fraction of sp³-hybridized carbons (Fsp3) is 0.739. The molecule has 0 fully saturated rings. The number of phenolic OH excluding ortho intramolecular Hbond substituents is 1. The second-order valence-electron chi connectivity index (χ2n) is 7.44. The van der Waals surface area contributed by atoms with Crippen LogP contribution >= 0.6 is 0 Å². The van der Waals surface area contributed by atoms with Crippen LogP contribution in [0.1, 0.15) is 103 Å². The molecule has 1 N–H and O–H groups in total. The van der Waals surface area contributed by atoms with Gasteiger partial charge in [-0.2, -0.15) is 0 Å². The maximum atomic E-state index is 9.88. The van der Waals surface area contributed by atoms with E-state index in [1.807, 2.05) is 18.2 Å². The molecule has 1 aromatic carbocycles. The van der Waals surface area contributed by atoms with Gasteiger partial charge in [0.25, 0.3) is 0 Å². The van der Waals surface area contributed by atoms with Crippen molar-refractivity contribution in [2.75, 3.05) is 0 Å². The minimum Gasteiger partial charge on any atom is -0.508 e. The van der Waals surface area contributed by atoms with Gasteiger partial charge in [0.2, 0.25) is 0 Å². The van der Waals surface area contributed by atoms with Crippen molar-refractivity contribution in [3.63, 3.8) is 0 Å². The molecule has 0 saturated heterocycles. The molecular weight excluding hydrogens is 292 g/mol. The lowest BCUT2D eigenvalue weighted by Crippen LogP contribution is -2.02. The number of aromatic hydroxyl groups is 1. The molecule has 1 heteroatoms. The molecule has 138 valence electrons. The summed E-state index contributed by atoms with van der Waals surface area (Å²) in [6.07, 6.45) is 18.9. The van der Waals surface area contributed by atoms with Crippen LogP contribution in [-0.2, 0) is 6.42 Å². The van der Waals surface area contributed by atoms with Crippen LogP contribution in [0.3, 0.4) is 0 Å². The quantitative estimate of drug-likeness (QED) is 0.327. The number of phenols is 1. The first kappa shape index (κ1) is 21.1. The van der Waals surface area contributed by atoms with Crippen LogP contribution in [0, 0.1) is 5.92 Å². The largest absolute Gasteiger partial charge is 0.508 e. The van der Waals surface area contributed by atoms with Crippen LogP contribution in [-0.4, -0.2) is 5.11 Å². The van der Waals surface area contributed by atoms with Gasteiger partial charge in [-0.3, -0.25) is 0 Å². The minimum atomic E-state index is 0.467. The molecule has 0 bridgehead atoms. The molecule has 0 saturated carbocycles. The van der Waals surface area contributed by atoms with E-state index < -0.39 is 0 Å². The minimum absolute atomic E-state index is 0.467. The van der Waals surface area contributed by atoms with E-state index in [0.717, 1.165) is 17.9 Å². The Morgan fingerprint density at radius 1 is 0.708 bits per heavy atom. The van der Waals surface area contributed by atoms with Crippen LogP contribution in [0.5, 0.6) is 5.75 Å². The summed E-state index contributed by atoms with van der Waals surface area (Å²) in [4.78, 5) is 0. The van der Waals surface area contributed by atoms with Crippen molar-refractivity contribution < 1.29 is 5.11 Å². The van der Waals surface area contributed by atoms with Gasteiger partial charge in [0.1, 0.15) is 5.75 Å². The van der Waals surface area contributed by atoms with E-state index >= 15 is 0 Å². The maximum Gasteiger partial charge on any atom is 0.118 e. The first-order valence-corrected chi connectivity index (χ1v) is 10.5. The normalized spacial score (nSPS) is 12.4. The maximum absolute atomic E-state index is 9.88. The Labute approximate surface area is 150 Å². The van der Waals surface area contributed by atoms with Crippen LogP contribution < -0.4 is 0 Å². The van der Waals surface area contributed by atoms with Gasteiger partial charge in [0.05, 0.1) is 0 Å². The average Bonchev–Trinajstić information content (AvgIpc) is 2.59. The monoisotopic (exact) mass is 332 g/mol. The molecule has 0 aliphatic rings. The van der Waals surface area contributed by atoms with Crippen LogP contribution in [0.4, 0.5) is 0 Å². The van der Waals surface area contributed by atoms with Crippen molar-refractivity contribution in [1.29, 1.82) is 0 Å². The van der Waals surface area contributed by atoms with Crippen LogP contribution in [0.15, 0.2) is 24.3 Å². The molecule has 0 aromatic heterocycles. The number of benzene rings is 1. The summed E-state index contributed by atoms with van der Waals surface area (Å²) >= 11 is 0. The van der Waals surface area contributed by atoms with Gasteiger partial charge >= 0.3 is 0 Å². The van der Waals surface area contributed by atoms with Gasteiger partial charge < -0.3 is 5.11 Å². The Hall–Kier alpha value is -0.980. The molecule has 0 heterocycles.